The Morgan fingerprint density at radius 2 is 1.87 bits per heavy atom. The van der Waals surface area contributed by atoms with Crippen molar-refractivity contribution in [2.45, 2.75) is 37.5 Å². The molecule has 120 valence electrons. The molecule has 1 aliphatic carbocycles. The third kappa shape index (κ3) is 2.36. The van der Waals surface area contributed by atoms with Gasteiger partial charge in [-0.3, -0.25) is 9.59 Å². The molecule has 0 aromatic heterocycles. The first kappa shape index (κ1) is 14.5. The molecule has 2 heterocycles. The number of rotatable bonds is 3. The second-order valence-corrected chi connectivity index (χ2v) is 6.49. The maximum Gasteiger partial charge on any atom is 0.310 e. The van der Waals surface area contributed by atoms with Gasteiger partial charge in [0, 0.05) is 0 Å². The lowest BCUT2D eigenvalue weighted by Gasteiger charge is -2.29. The molecule has 5 atom stereocenters. The highest BCUT2D eigenvalue weighted by atomic mass is 16.5. The van der Waals surface area contributed by atoms with Gasteiger partial charge in [0.2, 0.25) is 5.91 Å². The molecular formula is C18H19NO4. The molecule has 0 spiro atoms. The van der Waals surface area contributed by atoms with Crippen LogP contribution in [0.15, 0.2) is 36.4 Å². The topological polar surface area (TPSA) is 75.6 Å². The van der Waals surface area contributed by atoms with E-state index in [0.717, 1.165) is 24.8 Å². The Balaban J connectivity index is 1.55. The Hall–Kier alpha value is -2.14. The lowest BCUT2D eigenvalue weighted by Crippen LogP contribution is -2.44. The van der Waals surface area contributed by atoms with Crippen LogP contribution in [0.4, 0.5) is 0 Å². The van der Waals surface area contributed by atoms with Crippen LogP contribution >= 0.6 is 0 Å². The number of amides is 1. The minimum atomic E-state index is -0.967. The Kier molecular flexibility index (Phi) is 3.45. The predicted molar refractivity (Wildman–Crippen MR) is 82.7 cm³/mol. The summed E-state index contributed by atoms with van der Waals surface area (Å²) in [5, 5.41) is 12.5. The smallest absolute Gasteiger partial charge is 0.310 e. The number of ether oxygens (including phenoxy) is 1. The zero-order valence-electron chi connectivity index (χ0n) is 12.6. The summed E-state index contributed by atoms with van der Waals surface area (Å²) in [5.74, 6) is -2.61. The zero-order chi connectivity index (χ0) is 16.0. The molecule has 0 saturated carbocycles. The molecule has 4 rings (SSSR count). The summed E-state index contributed by atoms with van der Waals surface area (Å²) in [5.41, 5.74) is 2.42. The van der Waals surface area contributed by atoms with Crippen molar-refractivity contribution in [3.05, 3.63) is 47.5 Å². The monoisotopic (exact) mass is 313 g/mol. The van der Waals surface area contributed by atoms with Crippen LogP contribution in [0.3, 0.4) is 0 Å². The molecule has 3 aliphatic rings. The molecule has 1 fully saturated rings. The Bertz CT molecular complexity index is 683. The minimum absolute atomic E-state index is 0.0370. The van der Waals surface area contributed by atoms with E-state index in [1.165, 1.54) is 5.56 Å². The number of aliphatic carboxylic acids is 1. The summed E-state index contributed by atoms with van der Waals surface area (Å²) in [6, 6.07) is 8.10. The summed E-state index contributed by atoms with van der Waals surface area (Å²) in [6.07, 6.45) is 5.61. The fourth-order valence-electron chi connectivity index (χ4n) is 4.09. The summed E-state index contributed by atoms with van der Waals surface area (Å²) >= 11 is 0. The van der Waals surface area contributed by atoms with Gasteiger partial charge in [-0.05, 0) is 30.4 Å². The van der Waals surface area contributed by atoms with Gasteiger partial charge in [-0.15, -0.1) is 0 Å². The van der Waals surface area contributed by atoms with Gasteiger partial charge >= 0.3 is 5.97 Å². The molecule has 2 N–H and O–H groups in total. The van der Waals surface area contributed by atoms with Gasteiger partial charge in [0.05, 0.1) is 24.2 Å². The highest BCUT2D eigenvalue weighted by Gasteiger charge is 2.53. The van der Waals surface area contributed by atoms with E-state index in [4.69, 9.17) is 4.74 Å². The van der Waals surface area contributed by atoms with Gasteiger partial charge in [-0.2, -0.15) is 0 Å². The average Bonchev–Trinajstić information content (AvgIpc) is 3.16. The molecule has 5 heteroatoms. The third-order valence-electron chi connectivity index (χ3n) is 5.17. The van der Waals surface area contributed by atoms with Crippen LogP contribution in [-0.2, 0) is 20.7 Å². The largest absolute Gasteiger partial charge is 0.481 e. The maximum atomic E-state index is 12.7. The Morgan fingerprint density at radius 1 is 1.13 bits per heavy atom. The SMILES string of the molecule is O=C(O)[C@H]1[C@H](C(=O)N[C@H]2CCCc3ccccc32)[C@H]2C=C[C@H]1O2. The standard InChI is InChI=1S/C18H19NO4/c20-17(15-13-8-9-14(23-13)16(15)18(21)22)19-12-7-3-5-10-4-1-2-6-11(10)12/h1-2,4,6,8-9,12-16H,3,5,7H2,(H,19,20)(H,21,22)/t12-,13+,14+,15+,16+/m0/s1. The zero-order valence-corrected chi connectivity index (χ0v) is 12.6. The average molecular weight is 313 g/mol. The number of fused-ring (bicyclic) bond motifs is 3. The van der Waals surface area contributed by atoms with Crippen LogP contribution in [0.25, 0.3) is 0 Å². The molecule has 1 aromatic rings. The Labute approximate surface area is 134 Å². The van der Waals surface area contributed by atoms with Crippen LogP contribution in [0.5, 0.6) is 0 Å². The third-order valence-corrected chi connectivity index (χ3v) is 5.17. The van der Waals surface area contributed by atoms with Gasteiger partial charge in [0.15, 0.2) is 0 Å². The van der Waals surface area contributed by atoms with Gasteiger partial charge in [0.25, 0.3) is 0 Å². The molecule has 2 bridgehead atoms. The fraction of sp³-hybridized carbons (Fsp3) is 0.444. The van der Waals surface area contributed by atoms with Crippen LogP contribution in [0.1, 0.15) is 30.0 Å². The quantitative estimate of drug-likeness (QED) is 0.835. The van der Waals surface area contributed by atoms with Crippen molar-refractivity contribution < 1.29 is 19.4 Å². The van der Waals surface area contributed by atoms with Crippen LogP contribution in [0.2, 0.25) is 0 Å². The normalized spacial score (nSPS) is 34.2. The van der Waals surface area contributed by atoms with Crippen molar-refractivity contribution >= 4 is 11.9 Å². The molecule has 2 aliphatic heterocycles. The number of carbonyl (C=O) groups excluding carboxylic acids is 1. The summed E-state index contributed by atoms with van der Waals surface area (Å²) < 4.78 is 5.59. The molecule has 23 heavy (non-hydrogen) atoms. The van der Waals surface area contributed by atoms with Crippen LogP contribution < -0.4 is 5.32 Å². The molecule has 1 aromatic carbocycles. The number of benzene rings is 1. The highest BCUT2D eigenvalue weighted by Crippen LogP contribution is 2.40. The van der Waals surface area contributed by atoms with Gasteiger partial charge in [-0.1, -0.05) is 36.4 Å². The number of carboxylic acid groups (broad SMARTS) is 1. The first-order chi connectivity index (χ1) is 11.1. The van der Waals surface area contributed by atoms with E-state index in [0.29, 0.717) is 0 Å². The van der Waals surface area contributed by atoms with E-state index < -0.39 is 30.0 Å². The molecule has 1 saturated heterocycles. The van der Waals surface area contributed by atoms with E-state index in [1.54, 1.807) is 6.08 Å². The first-order valence-electron chi connectivity index (χ1n) is 8.10. The highest BCUT2D eigenvalue weighted by molar-refractivity contribution is 5.87. The van der Waals surface area contributed by atoms with Crippen molar-refractivity contribution in [3.63, 3.8) is 0 Å². The number of hydrogen-bond donors (Lipinski definition) is 2. The molecule has 0 radical (unpaired) electrons. The van der Waals surface area contributed by atoms with E-state index in [1.807, 2.05) is 24.3 Å². The minimum Gasteiger partial charge on any atom is -0.481 e. The molecule has 0 unspecified atom stereocenters. The second-order valence-electron chi connectivity index (χ2n) is 6.49. The number of nitrogens with one attached hydrogen (secondary N) is 1. The lowest BCUT2D eigenvalue weighted by molar-refractivity contribution is -0.146. The van der Waals surface area contributed by atoms with Crippen molar-refractivity contribution in [3.8, 4) is 0 Å². The van der Waals surface area contributed by atoms with E-state index in [-0.39, 0.29) is 11.9 Å². The number of carbonyl (C=O) groups is 2. The summed E-state index contributed by atoms with van der Waals surface area (Å²) in [4.78, 5) is 24.2. The number of hydrogen-bond acceptors (Lipinski definition) is 3. The van der Waals surface area contributed by atoms with E-state index in [2.05, 4.69) is 11.4 Å². The van der Waals surface area contributed by atoms with Crippen LogP contribution in [-0.4, -0.2) is 29.2 Å². The maximum absolute atomic E-state index is 12.7. The van der Waals surface area contributed by atoms with E-state index in [9.17, 15) is 14.7 Å². The van der Waals surface area contributed by atoms with Crippen molar-refractivity contribution in [1.29, 1.82) is 0 Å². The van der Waals surface area contributed by atoms with Crippen molar-refractivity contribution in [1.82, 2.24) is 5.32 Å². The van der Waals surface area contributed by atoms with Crippen LogP contribution in [0, 0.1) is 11.8 Å². The fourth-order valence-corrected chi connectivity index (χ4v) is 4.09. The van der Waals surface area contributed by atoms with Gasteiger partial charge in [-0.25, -0.2) is 0 Å². The van der Waals surface area contributed by atoms with Gasteiger partial charge in [0.1, 0.15) is 5.92 Å². The number of aryl methyl sites for hydroxylation is 1. The summed E-state index contributed by atoms with van der Waals surface area (Å²) in [7, 11) is 0. The predicted octanol–water partition coefficient (Wildman–Crippen LogP) is 1.83. The van der Waals surface area contributed by atoms with E-state index >= 15 is 0 Å². The first-order valence-corrected chi connectivity index (χ1v) is 8.10. The Morgan fingerprint density at radius 3 is 2.65 bits per heavy atom. The van der Waals surface area contributed by atoms with Gasteiger partial charge < -0.3 is 15.2 Å². The molecule has 1 amide bonds. The molecule has 5 nitrogen and oxygen atoms in total. The molecular weight excluding hydrogens is 294 g/mol. The van der Waals surface area contributed by atoms with Crippen molar-refractivity contribution in [2.24, 2.45) is 11.8 Å². The summed E-state index contributed by atoms with van der Waals surface area (Å²) in [6.45, 7) is 0. The lowest BCUT2D eigenvalue weighted by atomic mass is 9.81. The number of carboxylic acids is 1. The van der Waals surface area contributed by atoms with Crippen molar-refractivity contribution in [2.75, 3.05) is 0 Å². The second kappa shape index (κ2) is 5.49.